The molecule has 4 heteroatoms. The minimum Gasteiger partial charge on any atom is -0.370 e. The van der Waals surface area contributed by atoms with Gasteiger partial charge in [-0.1, -0.05) is 24.3 Å². The Hall–Kier alpha value is -0.730. The van der Waals surface area contributed by atoms with Gasteiger partial charge in [0.25, 0.3) is 0 Å². The molecule has 0 heterocycles. The monoisotopic (exact) mass is 253 g/mol. The third-order valence-corrected chi connectivity index (χ3v) is 3.18. The fourth-order valence-corrected chi connectivity index (χ4v) is 2.44. The summed E-state index contributed by atoms with van der Waals surface area (Å²) in [6.07, 6.45) is 0.858. The van der Waals surface area contributed by atoms with Gasteiger partial charge in [0.2, 0.25) is 0 Å². The van der Waals surface area contributed by atoms with Crippen molar-refractivity contribution < 1.29 is 4.74 Å². The zero-order chi connectivity index (χ0) is 11.4. The molecule has 1 aromatic rings. The van der Waals surface area contributed by atoms with Gasteiger partial charge in [0.1, 0.15) is 0 Å². The molecule has 0 aromatic heterocycles. The first kappa shape index (κ1) is 11.7. The molecule has 0 radical (unpaired) electrons. The number of hydrogen-bond acceptors (Lipinski definition) is 3. The lowest BCUT2D eigenvalue weighted by atomic mass is 10.1. The van der Waals surface area contributed by atoms with Crippen LogP contribution < -0.4 is 0 Å². The van der Waals surface area contributed by atoms with Gasteiger partial charge in [-0.2, -0.15) is 0 Å². The van der Waals surface area contributed by atoms with Crippen molar-refractivity contribution in [3.8, 4) is 0 Å². The maximum absolute atomic E-state index is 6.26. The smallest absolute Gasteiger partial charge is 0.0995 e. The first-order chi connectivity index (χ1) is 7.83. The second-order valence-electron chi connectivity index (χ2n) is 3.68. The standard InChI is InChI=1S/C12H12ClNOS/c13-11-7-9-3-1-2-4-10(9)12(11)15-6-5-14-8-16/h1-4,11-12H,5-7H2. The number of alkyl halides is 1. The molecule has 0 saturated heterocycles. The Balaban J connectivity index is 2.01. The quantitative estimate of drug-likeness (QED) is 0.356. The molecule has 16 heavy (non-hydrogen) atoms. The number of nitrogens with zero attached hydrogens (tertiary/aromatic N) is 1. The molecule has 0 fully saturated rings. The zero-order valence-electron chi connectivity index (χ0n) is 8.73. The third kappa shape index (κ3) is 2.50. The highest BCUT2D eigenvalue weighted by Crippen LogP contribution is 2.37. The number of aliphatic imine (C=N–C) groups is 1. The summed E-state index contributed by atoms with van der Waals surface area (Å²) in [6.45, 7) is 1.08. The first-order valence-corrected chi connectivity index (χ1v) is 6.04. The van der Waals surface area contributed by atoms with E-state index in [1.807, 2.05) is 12.1 Å². The van der Waals surface area contributed by atoms with Crippen LogP contribution in [0.2, 0.25) is 0 Å². The highest BCUT2D eigenvalue weighted by Gasteiger charge is 2.31. The molecule has 0 saturated carbocycles. The van der Waals surface area contributed by atoms with Gasteiger partial charge in [0, 0.05) is 0 Å². The Morgan fingerprint density at radius 3 is 3.12 bits per heavy atom. The second-order valence-corrected chi connectivity index (χ2v) is 4.43. The summed E-state index contributed by atoms with van der Waals surface area (Å²) in [5.74, 6) is 0. The summed E-state index contributed by atoms with van der Waals surface area (Å²) in [4.78, 5) is 3.81. The van der Waals surface area contributed by atoms with E-state index >= 15 is 0 Å². The van der Waals surface area contributed by atoms with Crippen molar-refractivity contribution in [2.75, 3.05) is 13.2 Å². The molecular formula is C12H12ClNOS. The summed E-state index contributed by atoms with van der Waals surface area (Å²) in [5, 5.41) is 2.34. The number of benzene rings is 1. The van der Waals surface area contributed by atoms with Gasteiger partial charge in [-0.3, -0.25) is 0 Å². The second kappa shape index (κ2) is 5.55. The average Bonchev–Trinajstić information content (AvgIpc) is 2.61. The van der Waals surface area contributed by atoms with Crippen LogP contribution in [0.25, 0.3) is 0 Å². The van der Waals surface area contributed by atoms with Crippen molar-refractivity contribution >= 4 is 29.0 Å². The molecule has 2 unspecified atom stereocenters. The van der Waals surface area contributed by atoms with Crippen molar-refractivity contribution in [2.45, 2.75) is 17.9 Å². The lowest BCUT2D eigenvalue weighted by Gasteiger charge is -2.15. The van der Waals surface area contributed by atoms with Crippen molar-refractivity contribution in [3.63, 3.8) is 0 Å². The number of thiocarbonyl (C=S) groups is 1. The molecule has 1 aliphatic carbocycles. The van der Waals surface area contributed by atoms with Crippen LogP contribution in [0.15, 0.2) is 29.3 Å². The van der Waals surface area contributed by atoms with E-state index in [9.17, 15) is 0 Å². The molecular weight excluding hydrogens is 242 g/mol. The summed E-state index contributed by atoms with van der Waals surface area (Å²) in [7, 11) is 0. The number of hydrogen-bond donors (Lipinski definition) is 0. The van der Waals surface area contributed by atoms with Gasteiger partial charge < -0.3 is 4.74 Å². The average molecular weight is 254 g/mol. The van der Waals surface area contributed by atoms with Crippen molar-refractivity contribution in [1.29, 1.82) is 0 Å². The predicted molar refractivity (Wildman–Crippen MR) is 68.4 cm³/mol. The normalized spacial score (nSPS) is 22.6. The van der Waals surface area contributed by atoms with Crippen LogP contribution in [-0.2, 0) is 11.2 Å². The van der Waals surface area contributed by atoms with E-state index in [-0.39, 0.29) is 11.5 Å². The molecule has 84 valence electrons. The fourth-order valence-electron chi connectivity index (χ4n) is 1.97. The van der Waals surface area contributed by atoms with Gasteiger partial charge in [-0.05, 0) is 29.8 Å². The Morgan fingerprint density at radius 2 is 2.31 bits per heavy atom. The number of rotatable bonds is 4. The van der Waals surface area contributed by atoms with Crippen LogP contribution in [0.4, 0.5) is 0 Å². The Kier molecular flexibility index (Phi) is 4.08. The molecule has 0 amide bonds. The van der Waals surface area contributed by atoms with E-state index < -0.39 is 0 Å². The summed E-state index contributed by atoms with van der Waals surface area (Å²) >= 11 is 10.8. The highest BCUT2D eigenvalue weighted by atomic mass is 35.5. The summed E-state index contributed by atoms with van der Waals surface area (Å²) < 4.78 is 5.73. The molecule has 0 spiro atoms. The minimum atomic E-state index is -0.0156. The molecule has 0 N–H and O–H groups in total. The van der Waals surface area contributed by atoms with Gasteiger partial charge in [0.05, 0.1) is 29.8 Å². The molecule has 2 atom stereocenters. The number of halogens is 1. The highest BCUT2D eigenvalue weighted by molar-refractivity contribution is 7.78. The molecule has 0 aliphatic heterocycles. The van der Waals surface area contributed by atoms with E-state index in [4.69, 9.17) is 16.3 Å². The Morgan fingerprint density at radius 1 is 1.50 bits per heavy atom. The van der Waals surface area contributed by atoms with Crippen LogP contribution in [0.5, 0.6) is 0 Å². The lowest BCUT2D eigenvalue weighted by molar-refractivity contribution is 0.0625. The van der Waals surface area contributed by atoms with Gasteiger partial charge in [0.15, 0.2) is 0 Å². The maximum atomic E-state index is 6.26. The SMILES string of the molecule is S=C=NCCOC1c2ccccc2CC1Cl. The third-order valence-electron chi connectivity index (χ3n) is 2.67. The van der Waals surface area contributed by atoms with Crippen LogP contribution >= 0.6 is 23.8 Å². The molecule has 1 aliphatic rings. The van der Waals surface area contributed by atoms with E-state index in [1.165, 1.54) is 11.1 Å². The molecule has 2 rings (SSSR count). The van der Waals surface area contributed by atoms with E-state index in [2.05, 4.69) is 34.5 Å². The Bertz CT molecular complexity index is 417. The van der Waals surface area contributed by atoms with E-state index in [1.54, 1.807) is 0 Å². The van der Waals surface area contributed by atoms with Gasteiger partial charge in [-0.25, -0.2) is 4.99 Å². The van der Waals surface area contributed by atoms with Gasteiger partial charge in [-0.15, -0.1) is 11.6 Å². The summed E-state index contributed by atoms with van der Waals surface area (Å²) in [5.41, 5.74) is 2.49. The number of fused-ring (bicyclic) bond motifs is 1. The first-order valence-electron chi connectivity index (χ1n) is 5.20. The molecule has 2 nitrogen and oxygen atoms in total. The topological polar surface area (TPSA) is 21.6 Å². The Labute approximate surface area is 105 Å². The largest absolute Gasteiger partial charge is 0.370 e. The van der Waals surface area contributed by atoms with Crippen LogP contribution in [0.1, 0.15) is 17.2 Å². The molecule has 0 bridgehead atoms. The maximum Gasteiger partial charge on any atom is 0.0995 e. The van der Waals surface area contributed by atoms with E-state index in [0.717, 1.165) is 6.42 Å². The van der Waals surface area contributed by atoms with E-state index in [0.29, 0.717) is 13.2 Å². The lowest BCUT2D eigenvalue weighted by Crippen LogP contribution is -2.13. The van der Waals surface area contributed by atoms with Crippen LogP contribution in [-0.4, -0.2) is 23.7 Å². The van der Waals surface area contributed by atoms with Crippen molar-refractivity contribution in [2.24, 2.45) is 4.99 Å². The van der Waals surface area contributed by atoms with Crippen molar-refractivity contribution in [3.05, 3.63) is 35.4 Å². The van der Waals surface area contributed by atoms with Crippen molar-refractivity contribution in [1.82, 2.24) is 0 Å². The fraction of sp³-hybridized carbons (Fsp3) is 0.417. The summed E-state index contributed by atoms with van der Waals surface area (Å²) in [6, 6.07) is 8.22. The van der Waals surface area contributed by atoms with Crippen LogP contribution in [0, 0.1) is 0 Å². The van der Waals surface area contributed by atoms with Gasteiger partial charge >= 0.3 is 0 Å². The molecule has 1 aromatic carbocycles. The minimum absolute atomic E-state index is 0.0156. The zero-order valence-corrected chi connectivity index (χ0v) is 10.3. The predicted octanol–water partition coefficient (Wildman–Crippen LogP) is 3.01. The van der Waals surface area contributed by atoms with Crippen LogP contribution in [0.3, 0.4) is 0 Å². The number of isothiocyanates is 1. The number of ether oxygens (including phenoxy) is 1.